The Balaban J connectivity index is 1.58. The van der Waals surface area contributed by atoms with E-state index in [9.17, 15) is 14.7 Å². The molecule has 2 fully saturated rings. The maximum absolute atomic E-state index is 13.0. The summed E-state index contributed by atoms with van der Waals surface area (Å²) in [6.07, 6.45) is 1.49. The van der Waals surface area contributed by atoms with E-state index in [1.807, 2.05) is 12.1 Å². The summed E-state index contributed by atoms with van der Waals surface area (Å²) in [5.74, 6) is 0.279. The predicted molar refractivity (Wildman–Crippen MR) is 115 cm³/mol. The van der Waals surface area contributed by atoms with Crippen LogP contribution in [0.5, 0.6) is 5.75 Å². The maximum Gasteiger partial charge on any atom is 0.255 e. The van der Waals surface area contributed by atoms with Crippen LogP contribution in [0.2, 0.25) is 0 Å². The van der Waals surface area contributed by atoms with Crippen molar-refractivity contribution in [3.8, 4) is 5.75 Å². The summed E-state index contributed by atoms with van der Waals surface area (Å²) < 4.78 is 12.0. The number of para-hydroxylation sites is 1. The van der Waals surface area contributed by atoms with Crippen molar-refractivity contribution < 1.29 is 24.2 Å². The van der Waals surface area contributed by atoms with Crippen molar-refractivity contribution in [1.29, 1.82) is 0 Å². The minimum atomic E-state index is -0.589. The number of amides is 2. The number of benzene rings is 1. The van der Waals surface area contributed by atoms with Crippen molar-refractivity contribution in [2.24, 2.45) is 0 Å². The summed E-state index contributed by atoms with van der Waals surface area (Å²) in [5, 5.41) is 16.4. The molecule has 2 amide bonds. The number of carbonyl (C=O) groups excluding carboxylic acids is 2. The molecule has 3 aliphatic heterocycles. The highest BCUT2D eigenvalue weighted by Gasteiger charge is 2.39. The van der Waals surface area contributed by atoms with Gasteiger partial charge in [-0.15, -0.1) is 0 Å². The lowest BCUT2D eigenvalue weighted by atomic mass is 9.99. The second-order valence-corrected chi connectivity index (χ2v) is 9.03. The number of nitrogens with one attached hydrogen (secondary N) is 2. The first-order chi connectivity index (χ1) is 14.9. The molecule has 2 saturated heterocycles. The van der Waals surface area contributed by atoms with Crippen LogP contribution < -0.4 is 15.4 Å². The van der Waals surface area contributed by atoms with E-state index < -0.39 is 12.2 Å². The number of carbonyl (C=O) groups is 2. The number of likely N-dealkylation sites (tertiary alicyclic amines) is 1. The molecule has 0 spiro atoms. The molecule has 0 aliphatic carbocycles. The largest absolute Gasteiger partial charge is 0.493 e. The number of aliphatic hydroxyl groups is 1. The molecule has 1 aromatic rings. The van der Waals surface area contributed by atoms with Crippen LogP contribution in [0, 0.1) is 0 Å². The number of aliphatic hydroxyl groups excluding tert-OH is 1. The van der Waals surface area contributed by atoms with Crippen LogP contribution in [-0.2, 0) is 9.53 Å². The van der Waals surface area contributed by atoms with E-state index in [2.05, 4.69) is 29.4 Å². The normalized spacial score (nSPS) is 32.7. The van der Waals surface area contributed by atoms with E-state index in [4.69, 9.17) is 9.47 Å². The third-order valence-electron chi connectivity index (χ3n) is 6.53. The topological polar surface area (TPSA) is 100 Å². The first-order valence-corrected chi connectivity index (χ1v) is 11.3. The molecule has 3 aliphatic rings. The summed E-state index contributed by atoms with van der Waals surface area (Å²) in [6.45, 7) is 5.40. The van der Waals surface area contributed by atoms with Gasteiger partial charge in [-0.1, -0.05) is 12.1 Å². The van der Waals surface area contributed by atoms with Gasteiger partial charge in [-0.05, 0) is 45.2 Å². The molecule has 8 heteroatoms. The molecule has 1 aromatic carbocycles. The molecule has 31 heavy (non-hydrogen) atoms. The summed E-state index contributed by atoms with van der Waals surface area (Å²) in [5.41, 5.74) is 0.497. The molecule has 4 rings (SSSR count). The highest BCUT2D eigenvalue weighted by atomic mass is 16.5. The zero-order chi connectivity index (χ0) is 22.0. The second kappa shape index (κ2) is 9.54. The lowest BCUT2D eigenvalue weighted by Gasteiger charge is -2.34. The van der Waals surface area contributed by atoms with Crippen LogP contribution in [0.1, 0.15) is 49.9 Å². The van der Waals surface area contributed by atoms with Crippen LogP contribution in [0.15, 0.2) is 24.3 Å². The standard InChI is InChI=1S/C23H33N3O5/c1-14(2)26-13-15-11-18(26)23(29)24-12-21-19(27)8-7-16(31-21)9-10-30-20-6-4-3-5-17(20)22(28)25-15/h3-6,14-16,18-19,21,27H,7-13H2,1-2H3,(H,24,29)(H,25,28)/t15-,16-,18-,19-,21+/m0/s1. The maximum atomic E-state index is 13.0. The molecule has 0 aromatic heterocycles. The quantitative estimate of drug-likeness (QED) is 0.615. The van der Waals surface area contributed by atoms with Crippen molar-refractivity contribution in [2.45, 2.75) is 76.0 Å². The Kier molecular flexibility index (Phi) is 6.79. The Morgan fingerprint density at radius 2 is 1.97 bits per heavy atom. The number of nitrogens with zero attached hydrogens (tertiary/aromatic N) is 1. The van der Waals surface area contributed by atoms with E-state index in [-0.39, 0.29) is 42.6 Å². The lowest BCUT2D eigenvalue weighted by Crippen LogP contribution is -2.51. The van der Waals surface area contributed by atoms with E-state index >= 15 is 0 Å². The Hall–Kier alpha value is -2.16. The van der Waals surface area contributed by atoms with Crippen LogP contribution in [0.3, 0.4) is 0 Å². The van der Waals surface area contributed by atoms with E-state index in [1.54, 1.807) is 12.1 Å². The minimum Gasteiger partial charge on any atom is -0.493 e. The highest BCUT2D eigenvalue weighted by molar-refractivity contribution is 5.97. The molecule has 0 saturated carbocycles. The average Bonchev–Trinajstić information content (AvgIpc) is 3.17. The number of ether oxygens (including phenoxy) is 2. The van der Waals surface area contributed by atoms with E-state index in [0.717, 1.165) is 6.42 Å². The van der Waals surface area contributed by atoms with Gasteiger partial charge in [-0.3, -0.25) is 14.5 Å². The van der Waals surface area contributed by atoms with Crippen molar-refractivity contribution in [2.75, 3.05) is 19.7 Å². The first kappa shape index (κ1) is 22.0. The number of hydrogen-bond donors (Lipinski definition) is 3. The summed E-state index contributed by atoms with van der Waals surface area (Å²) in [6, 6.07) is 6.94. The highest BCUT2D eigenvalue weighted by Crippen LogP contribution is 2.26. The molecule has 3 N–H and O–H groups in total. The first-order valence-electron chi connectivity index (χ1n) is 11.3. The third kappa shape index (κ3) is 5.02. The van der Waals surface area contributed by atoms with Gasteiger partial charge >= 0.3 is 0 Å². The van der Waals surface area contributed by atoms with Gasteiger partial charge in [0.2, 0.25) is 5.91 Å². The van der Waals surface area contributed by atoms with E-state index in [0.29, 0.717) is 43.7 Å². The van der Waals surface area contributed by atoms with Crippen LogP contribution in [-0.4, -0.2) is 78.0 Å². The van der Waals surface area contributed by atoms with Crippen LogP contribution in [0.4, 0.5) is 0 Å². The van der Waals surface area contributed by atoms with Gasteiger partial charge in [0.1, 0.15) is 11.9 Å². The number of hydrogen-bond acceptors (Lipinski definition) is 6. The minimum absolute atomic E-state index is 0.0535. The van der Waals surface area contributed by atoms with Gasteiger partial charge in [0.25, 0.3) is 5.91 Å². The molecule has 170 valence electrons. The third-order valence-corrected chi connectivity index (χ3v) is 6.53. The van der Waals surface area contributed by atoms with Crippen LogP contribution >= 0.6 is 0 Å². The Morgan fingerprint density at radius 3 is 2.77 bits per heavy atom. The fourth-order valence-electron chi connectivity index (χ4n) is 4.80. The van der Waals surface area contributed by atoms with Gasteiger partial charge in [-0.25, -0.2) is 0 Å². The summed E-state index contributed by atoms with van der Waals surface area (Å²) in [4.78, 5) is 28.1. The predicted octanol–water partition coefficient (Wildman–Crippen LogP) is 1.07. The smallest absolute Gasteiger partial charge is 0.255 e. The Morgan fingerprint density at radius 1 is 1.16 bits per heavy atom. The van der Waals surface area contributed by atoms with Gasteiger partial charge in [-0.2, -0.15) is 0 Å². The van der Waals surface area contributed by atoms with E-state index in [1.165, 1.54) is 0 Å². The van der Waals surface area contributed by atoms with Crippen molar-refractivity contribution in [1.82, 2.24) is 15.5 Å². The molecular weight excluding hydrogens is 398 g/mol. The average molecular weight is 432 g/mol. The van der Waals surface area contributed by atoms with Gasteiger partial charge < -0.3 is 25.2 Å². The monoisotopic (exact) mass is 431 g/mol. The molecule has 8 nitrogen and oxygen atoms in total. The van der Waals surface area contributed by atoms with Gasteiger partial charge in [0.05, 0.1) is 30.4 Å². The number of fused-ring (bicyclic) bond motifs is 5. The summed E-state index contributed by atoms with van der Waals surface area (Å²) in [7, 11) is 0. The molecule has 4 bridgehead atoms. The van der Waals surface area contributed by atoms with Crippen molar-refractivity contribution in [3.63, 3.8) is 0 Å². The van der Waals surface area contributed by atoms with Gasteiger partial charge in [0.15, 0.2) is 0 Å². The number of rotatable bonds is 1. The Labute approximate surface area is 183 Å². The van der Waals surface area contributed by atoms with Gasteiger partial charge in [0, 0.05) is 31.6 Å². The molecule has 5 atom stereocenters. The van der Waals surface area contributed by atoms with Crippen molar-refractivity contribution in [3.05, 3.63) is 29.8 Å². The molecule has 3 heterocycles. The molecule has 0 unspecified atom stereocenters. The van der Waals surface area contributed by atoms with Crippen molar-refractivity contribution >= 4 is 11.8 Å². The summed E-state index contributed by atoms with van der Waals surface area (Å²) >= 11 is 0. The molecular formula is C23H33N3O5. The molecule has 0 radical (unpaired) electrons. The Bertz CT molecular complexity index is 801. The lowest BCUT2D eigenvalue weighted by molar-refractivity contribution is -0.134. The fraction of sp³-hybridized carbons (Fsp3) is 0.652. The zero-order valence-electron chi connectivity index (χ0n) is 18.3. The van der Waals surface area contributed by atoms with Crippen LogP contribution in [0.25, 0.3) is 0 Å². The SMILES string of the molecule is CC(C)N1C[C@@H]2C[C@H]1C(=O)NC[C@H]1O[C@H](CCOc3ccccc3C(=O)N2)CC[C@@H]1O. The fourth-order valence-corrected chi connectivity index (χ4v) is 4.80. The zero-order valence-corrected chi connectivity index (χ0v) is 18.3. The second-order valence-electron chi connectivity index (χ2n) is 9.03.